The van der Waals surface area contributed by atoms with Gasteiger partial charge in [0.1, 0.15) is 0 Å². The van der Waals surface area contributed by atoms with Crippen LogP contribution >= 0.6 is 0 Å². The van der Waals surface area contributed by atoms with Gasteiger partial charge in [-0.1, -0.05) is 25.5 Å². The quantitative estimate of drug-likeness (QED) is 0.855. The van der Waals surface area contributed by atoms with E-state index in [0.717, 1.165) is 36.7 Å². The highest BCUT2D eigenvalue weighted by atomic mass is 16.5. The van der Waals surface area contributed by atoms with E-state index in [2.05, 4.69) is 6.92 Å². The summed E-state index contributed by atoms with van der Waals surface area (Å²) in [5.74, 6) is 2.39. The summed E-state index contributed by atoms with van der Waals surface area (Å²) in [4.78, 5) is 0. The van der Waals surface area contributed by atoms with E-state index in [0.29, 0.717) is 6.61 Å². The lowest BCUT2D eigenvalue weighted by atomic mass is 9.93. The molecule has 2 unspecified atom stereocenters. The zero-order chi connectivity index (χ0) is 13.7. The number of methoxy groups -OCH3 is 1. The minimum atomic E-state index is -0.0251. The first-order valence-corrected chi connectivity index (χ1v) is 7.21. The normalized spacial score (nSPS) is 26.4. The summed E-state index contributed by atoms with van der Waals surface area (Å²) >= 11 is 0. The van der Waals surface area contributed by atoms with Crippen molar-refractivity contribution in [2.75, 3.05) is 13.7 Å². The van der Waals surface area contributed by atoms with Gasteiger partial charge >= 0.3 is 0 Å². The average molecular weight is 263 g/mol. The van der Waals surface area contributed by atoms with Gasteiger partial charge in [-0.2, -0.15) is 0 Å². The summed E-state index contributed by atoms with van der Waals surface area (Å²) in [6.45, 7) is 2.91. The molecule has 1 aromatic carbocycles. The molecule has 0 aromatic heterocycles. The van der Waals surface area contributed by atoms with Crippen LogP contribution in [0.4, 0.5) is 0 Å². The minimum Gasteiger partial charge on any atom is -0.493 e. The highest BCUT2D eigenvalue weighted by Gasteiger charge is 2.34. The van der Waals surface area contributed by atoms with E-state index in [1.165, 1.54) is 12.8 Å². The molecule has 1 aliphatic carbocycles. The second-order valence-corrected chi connectivity index (χ2v) is 5.63. The number of hydrogen-bond acceptors (Lipinski definition) is 3. The third-order valence-corrected chi connectivity index (χ3v) is 4.25. The molecule has 2 rings (SSSR count). The van der Waals surface area contributed by atoms with Crippen LogP contribution in [0.2, 0.25) is 0 Å². The number of hydrogen-bond donors (Lipinski definition) is 1. The Balaban J connectivity index is 1.83. The van der Waals surface area contributed by atoms with Gasteiger partial charge in [-0.3, -0.25) is 0 Å². The predicted octanol–water partition coefficient (Wildman–Crippen LogP) is 3.37. The number of ether oxygens (including phenoxy) is 2. The van der Waals surface area contributed by atoms with Gasteiger partial charge in [0.05, 0.1) is 13.7 Å². The van der Waals surface area contributed by atoms with Crippen LogP contribution in [0.25, 0.3) is 0 Å². The van der Waals surface area contributed by atoms with Crippen molar-refractivity contribution in [2.24, 2.45) is 11.7 Å². The van der Waals surface area contributed by atoms with E-state index in [1.807, 2.05) is 24.3 Å². The van der Waals surface area contributed by atoms with E-state index in [4.69, 9.17) is 15.2 Å². The molecule has 1 saturated carbocycles. The number of nitrogens with two attached hydrogens (primary N) is 1. The molecular formula is C16H25NO2. The third-order valence-electron chi connectivity index (χ3n) is 4.25. The molecular weight excluding hydrogens is 238 g/mol. The van der Waals surface area contributed by atoms with Crippen LogP contribution in [-0.2, 0) is 0 Å². The van der Waals surface area contributed by atoms with Crippen molar-refractivity contribution in [3.05, 3.63) is 24.3 Å². The first kappa shape index (κ1) is 14.2. The minimum absolute atomic E-state index is 0.0251. The molecule has 1 fully saturated rings. The van der Waals surface area contributed by atoms with E-state index in [1.54, 1.807) is 7.11 Å². The van der Waals surface area contributed by atoms with E-state index < -0.39 is 0 Å². The average Bonchev–Trinajstić information content (AvgIpc) is 2.81. The van der Waals surface area contributed by atoms with Crippen molar-refractivity contribution in [1.29, 1.82) is 0 Å². The Labute approximate surface area is 116 Å². The summed E-state index contributed by atoms with van der Waals surface area (Å²) in [5.41, 5.74) is 6.42. The molecule has 2 N–H and O–H groups in total. The first-order valence-electron chi connectivity index (χ1n) is 7.21. The molecule has 3 nitrogen and oxygen atoms in total. The van der Waals surface area contributed by atoms with Crippen LogP contribution < -0.4 is 15.2 Å². The fraction of sp³-hybridized carbons (Fsp3) is 0.625. The van der Waals surface area contributed by atoms with Crippen molar-refractivity contribution in [1.82, 2.24) is 0 Å². The van der Waals surface area contributed by atoms with Gasteiger partial charge in [0.15, 0.2) is 11.5 Å². The largest absolute Gasteiger partial charge is 0.493 e. The first-order chi connectivity index (χ1) is 9.17. The monoisotopic (exact) mass is 263 g/mol. The maximum atomic E-state index is 6.45. The fourth-order valence-corrected chi connectivity index (χ4v) is 2.95. The van der Waals surface area contributed by atoms with Gasteiger partial charge in [-0.25, -0.2) is 0 Å². The molecule has 0 radical (unpaired) electrons. The SMILES string of the molecule is CCC1CCC(N)(CCOc2ccccc2OC)C1. The Morgan fingerprint density at radius 2 is 2.05 bits per heavy atom. The maximum absolute atomic E-state index is 6.45. The zero-order valence-corrected chi connectivity index (χ0v) is 12.0. The fourth-order valence-electron chi connectivity index (χ4n) is 2.95. The lowest BCUT2D eigenvalue weighted by Crippen LogP contribution is -2.38. The highest BCUT2D eigenvalue weighted by molar-refractivity contribution is 5.39. The van der Waals surface area contributed by atoms with Crippen LogP contribution in [0, 0.1) is 5.92 Å². The number of rotatable bonds is 6. The van der Waals surface area contributed by atoms with Gasteiger partial charge < -0.3 is 15.2 Å². The summed E-state index contributed by atoms with van der Waals surface area (Å²) in [6.07, 6.45) is 5.69. The molecule has 0 bridgehead atoms. The van der Waals surface area contributed by atoms with E-state index in [-0.39, 0.29) is 5.54 Å². The molecule has 19 heavy (non-hydrogen) atoms. The lowest BCUT2D eigenvalue weighted by Gasteiger charge is -2.24. The Kier molecular flexibility index (Phi) is 4.70. The molecule has 0 spiro atoms. The summed E-state index contributed by atoms with van der Waals surface area (Å²) in [5, 5.41) is 0. The molecule has 2 atom stereocenters. The van der Waals surface area contributed by atoms with Gasteiger partial charge in [0.2, 0.25) is 0 Å². The van der Waals surface area contributed by atoms with Crippen LogP contribution in [0.1, 0.15) is 39.0 Å². The smallest absolute Gasteiger partial charge is 0.161 e. The van der Waals surface area contributed by atoms with Crippen molar-refractivity contribution >= 4 is 0 Å². The molecule has 0 saturated heterocycles. The predicted molar refractivity (Wildman–Crippen MR) is 77.7 cm³/mol. The molecule has 1 aliphatic rings. The van der Waals surface area contributed by atoms with Crippen molar-refractivity contribution in [3.63, 3.8) is 0 Å². The Hall–Kier alpha value is -1.22. The van der Waals surface area contributed by atoms with Gasteiger partial charge in [0, 0.05) is 5.54 Å². The third kappa shape index (κ3) is 3.63. The Bertz CT molecular complexity index is 407. The van der Waals surface area contributed by atoms with E-state index >= 15 is 0 Å². The second-order valence-electron chi connectivity index (χ2n) is 5.63. The summed E-state index contributed by atoms with van der Waals surface area (Å²) < 4.78 is 11.1. The molecule has 106 valence electrons. The zero-order valence-electron chi connectivity index (χ0n) is 12.0. The molecule has 0 amide bonds. The van der Waals surface area contributed by atoms with Gasteiger partial charge in [0.25, 0.3) is 0 Å². The maximum Gasteiger partial charge on any atom is 0.161 e. The van der Waals surface area contributed by atoms with Crippen molar-refractivity contribution in [2.45, 2.75) is 44.6 Å². The summed E-state index contributed by atoms with van der Waals surface area (Å²) in [7, 11) is 1.66. The van der Waals surface area contributed by atoms with Crippen LogP contribution in [0.5, 0.6) is 11.5 Å². The second kappa shape index (κ2) is 6.29. The van der Waals surface area contributed by atoms with E-state index in [9.17, 15) is 0 Å². The van der Waals surface area contributed by atoms with Crippen LogP contribution in [-0.4, -0.2) is 19.3 Å². The Morgan fingerprint density at radius 3 is 2.68 bits per heavy atom. The topological polar surface area (TPSA) is 44.5 Å². The summed E-state index contributed by atoms with van der Waals surface area (Å²) in [6, 6.07) is 7.75. The van der Waals surface area contributed by atoms with Crippen LogP contribution in [0.15, 0.2) is 24.3 Å². The van der Waals surface area contributed by atoms with Crippen molar-refractivity contribution in [3.8, 4) is 11.5 Å². The van der Waals surface area contributed by atoms with Gasteiger partial charge in [-0.15, -0.1) is 0 Å². The number of benzene rings is 1. The number of para-hydroxylation sites is 2. The standard InChI is InChI=1S/C16H25NO2/c1-3-13-8-9-16(17,12-13)10-11-19-15-7-5-4-6-14(15)18-2/h4-7,13H,3,8-12,17H2,1-2H3. The molecule has 0 aliphatic heterocycles. The van der Waals surface area contributed by atoms with Crippen LogP contribution in [0.3, 0.4) is 0 Å². The van der Waals surface area contributed by atoms with Crippen molar-refractivity contribution < 1.29 is 9.47 Å². The molecule has 3 heteroatoms. The molecule has 1 aromatic rings. The van der Waals surface area contributed by atoms with Gasteiger partial charge in [-0.05, 0) is 43.7 Å². The Morgan fingerprint density at radius 1 is 1.32 bits per heavy atom. The molecule has 0 heterocycles. The lowest BCUT2D eigenvalue weighted by molar-refractivity contribution is 0.244. The highest BCUT2D eigenvalue weighted by Crippen LogP contribution is 2.37.